The van der Waals surface area contributed by atoms with E-state index in [2.05, 4.69) is 32.7 Å². The van der Waals surface area contributed by atoms with E-state index in [1.54, 1.807) is 0 Å². The van der Waals surface area contributed by atoms with Crippen LogP contribution in [0.15, 0.2) is 35.8 Å². The maximum Gasteiger partial charge on any atom is 0.226 e. The second-order valence-electron chi connectivity index (χ2n) is 5.43. The summed E-state index contributed by atoms with van der Waals surface area (Å²) in [5.41, 5.74) is 3.17. The fourth-order valence-corrected chi connectivity index (χ4v) is 3.27. The molecule has 4 N–H and O–H groups in total. The summed E-state index contributed by atoms with van der Waals surface area (Å²) in [6.07, 6.45) is 3.18. The lowest BCUT2D eigenvalue weighted by atomic mass is 10.1. The smallest absolute Gasteiger partial charge is 0.226 e. The molecule has 2 aromatic heterocycles. The number of amides is 1. The number of benzene rings is 1. The summed E-state index contributed by atoms with van der Waals surface area (Å²) >= 11 is 1.50. The van der Waals surface area contributed by atoms with Crippen LogP contribution in [-0.4, -0.2) is 40.7 Å². The van der Waals surface area contributed by atoms with Crippen molar-refractivity contribution in [2.45, 2.75) is 12.8 Å². The van der Waals surface area contributed by atoms with Crippen molar-refractivity contribution in [1.82, 2.24) is 15.3 Å². The molecule has 0 spiro atoms. The van der Waals surface area contributed by atoms with Crippen molar-refractivity contribution < 1.29 is 9.90 Å². The summed E-state index contributed by atoms with van der Waals surface area (Å²) in [4.78, 5) is 19.3. The van der Waals surface area contributed by atoms with Gasteiger partial charge in [-0.1, -0.05) is 18.2 Å². The number of nitrogens with zero attached hydrogens (tertiary/aromatic N) is 1. The predicted molar refractivity (Wildman–Crippen MR) is 96.4 cm³/mol. The summed E-state index contributed by atoms with van der Waals surface area (Å²) in [6, 6.07) is 8.26. The molecule has 0 radical (unpaired) electrons. The Morgan fingerprint density at radius 3 is 3.04 bits per heavy atom. The molecule has 0 atom stereocenters. The molecular formula is C17H20N4O2S. The van der Waals surface area contributed by atoms with E-state index in [9.17, 15) is 4.79 Å². The molecule has 0 aliphatic heterocycles. The van der Waals surface area contributed by atoms with Crippen LogP contribution in [0.4, 0.5) is 5.13 Å². The molecule has 0 aliphatic carbocycles. The number of rotatable bonds is 8. The van der Waals surface area contributed by atoms with Crippen molar-refractivity contribution in [3.05, 3.63) is 47.1 Å². The van der Waals surface area contributed by atoms with Crippen LogP contribution in [0, 0.1) is 0 Å². The number of aromatic nitrogens is 2. The number of nitrogens with one attached hydrogen (secondary N) is 3. The Labute approximate surface area is 143 Å². The molecule has 6 nitrogen and oxygen atoms in total. The average Bonchev–Trinajstić information content (AvgIpc) is 3.20. The maximum atomic E-state index is 11.6. The summed E-state index contributed by atoms with van der Waals surface area (Å²) in [6.45, 7) is 1.01. The quantitative estimate of drug-likeness (QED) is 0.503. The predicted octanol–water partition coefficient (Wildman–Crippen LogP) is 1.93. The highest BCUT2D eigenvalue weighted by atomic mass is 32.1. The Balaban J connectivity index is 1.49. The van der Waals surface area contributed by atoms with E-state index in [0.29, 0.717) is 0 Å². The second-order valence-corrected chi connectivity index (χ2v) is 6.29. The number of anilines is 1. The van der Waals surface area contributed by atoms with Crippen LogP contribution in [0.3, 0.4) is 0 Å². The van der Waals surface area contributed by atoms with Crippen LogP contribution in [-0.2, 0) is 17.6 Å². The van der Waals surface area contributed by atoms with Gasteiger partial charge in [-0.15, -0.1) is 11.3 Å². The van der Waals surface area contributed by atoms with Gasteiger partial charge in [-0.2, -0.15) is 0 Å². The first-order valence-corrected chi connectivity index (χ1v) is 8.75. The lowest BCUT2D eigenvalue weighted by Gasteiger charge is -2.02. The first-order chi connectivity index (χ1) is 11.8. The van der Waals surface area contributed by atoms with Gasteiger partial charge in [0, 0.05) is 35.6 Å². The number of aromatic amines is 1. The number of hydrogen-bond acceptors (Lipinski definition) is 5. The van der Waals surface area contributed by atoms with Gasteiger partial charge in [0.2, 0.25) is 5.91 Å². The molecule has 0 bridgehead atoms. The number of thiazole rings is 1. The lowest BCUT2D eigenvalue weighted by Crippen LogP contribution is -2.27. The summed E-state index contributed by atoms with van der Waals surface area (Å²) < 4.78 is 0. The third kappa shape index (κ3) is 4.12. The third-order valence-corrected chi connectivity index (χ3v) is 4.52. The summed E-state index contributed by atoms with van der Waals surface area (Å²) in [5, 5.41) is 18.6. The molecule has 1 amide bonds. The summed E-state index contributed by atoms with van der Waals surface area (Å²) in [5.74, 6) is -0.125. The lowest BCUT2D eigenvalue weighted by molar-refractivity contribution is -0.120. The minimum atomic E-state index is -0.125. The van der Waals surface area contributed by atoms with Crippen molar-refractivity contribution in [3.63, 3.8) is 0 Å². The zero-order valence-corrected chi connectivity index (χ0v) is 14.0. The van der Waals surface area contributed by atoms with Gasteiger partial charge >= 0.3 is 0 Å². The van der Waals surface area contributed by atoms with Crippen LogP contribution in [0.1, 0.15) is 11.3 Å². The van der Waals surface area contributed by atoms with Gasteiger partial charge in [-0.3, -0.25) is 4.79 Å². The second kappa shape index (κ2) is 7.94. The van der Waals surface area contributed by atoms with Crippen LogP contribution in [0.2, 0.25) is 0 Å². The number of aliphatic hydroxyl groups is 1. The van der Waals surface area contributed by atoms with Gasteiger partial charge in [-0.05, 0) is 18.1 Å². The molecule has 0 saturated heterocycles. The number of aliphatic hydroxyl groups excluding tert-OH is 1. The van der Waals surface area contributed by atoms with Crippen molar-refractivity contribution in [2.75, 3.05) is 25.0 Å². The first-order valence-electron chi connectivity index (χ1n) is 7.87. The molecule has 2 heterocycles. The van der Waals surface area contributed by atoms with Crippen LogP contribution < -0.4 is 10.6 Å². The molecule has 7 heteroatoms. The zero-order chi connectivity index (χ0) is 16.8. The van der Waals surface area contributed by atoms with Gasteiger partial charge in [0.25, 0.3) is 0 Å². The van der Waals surface area contributed by atoms with Crippen LogP contribution >= 0.6 is 11.3 Å². The van der Waals surface area contributed by atoms with Crippen molar-refractivity contribution in [1.29, 1.82) is 0 Å². The molecule has 0 saturated carbocycles. The van der Waals surface area contributed by atoms with Crippen molar-refractivity contribution >= 4 is 33.3 Å². The Kier molecular flexibility index (Phi) is 5.45. The standard InChI is InChI=1S/C17H20N4O2S/c22-8-7-18-16(23)9-13-11-24-17(21-13)19-6-5-12-10-20-15-4-2-1-3-14(12)15/h1-4,10-11,20,22H,5-9H2,(H,18,23)(H,19,21). The van der Waals surface area contributed by atoms with E-state index < -0.39 is 0 Å². The first kappa shape index (κ1) is 16.5. The summed E-state index contributed by atoms with van der Waals surface area (Å²) in [7, 11) is 0. The molecule has 3 aromatic rings. The molecular weight excluding hydrogens is 324 g/mol. The number of para-hydroxylation sites is 1. The number of hydrogen-bond donors (Lipinski definition) is 4. The topological polar surface area (TPSA) is 90.0 Å². The highest BCUT2D eigenvalue weighted by molar-refractivity contribution is 7.13. The number of fused-ring (bicyclic) bond motifs is 1. The largest absolute Gasteiger partial charge is 0.395 e. The van der Waals surface area contributed by atoms with Crippen molar-refractivity contribution in [3.8, 4) is 0 Å². The van der Waals surface area contributed by atoms with Gasteiger partial charge in [0.1, 0.15) is 0 Å². The highest BCUT2D eigenvalue weighted by Gasteiger charge is 2.08. The molecule has 0 aliphatic rings. The Hall–Kier alpha value is -2.38. The maximum absolute atomic E-state index is 11.6. The number of H-pyrrole nitrogens is 1. The zero-order valence-electron chi connectivity index (χ0n) is 13.2. The van der Waals surface area contributed by atoms with Crippen LogP contribution in [0.25, 0.3) is 10.9 Å². The van der Waals surface area contributed by atoms with E-state index in [1.807, 2.05) is 23.7 Å². The van der Waals surface area contributed by atoms with Gasteiger partial charge in [0.05, 0.1) is 18.7 Å². The number of carbonyl (C=O) groups is 1. The van der Waals surface area contributed by atoms with E-state index in [0.717, 1.165) is 29.3 Å². The number of carbonyl (C=O) groups excluding carboxylic acids is 1. The van der Waals surface area contributed by atoms with Crippen LogP contribution in [0.5, 0.6) is 0 Å². The van der Waals surface area contributed by atoms with Crippen molar-refractivity contribution in [2.24, 2.45) is 0 Å². The fraction of sp³-hybridized carbons (Fsp3) is 0.294. The monoisotopic (exact) mass is 344 g/mol. The Morgan fingerprint density at radius 1 is 1.29 bits per heavy atom. The molecule has 1 aromatic carbocycles. The van der Waals surface area contributed by atoms with E-state index >= 15 is 0 Å². The van der Waals surface area contributed by atoms with E-state index in [1.165, 1.54) is 22.3 Å². The highest BCUT2D eigenvalue weighted by Crippen LogP contribution is 2.19. The average molecular weight is 344 g/mol. The van der Waals surface area contributed by atoms with Gasteiger partial charge in [-0.25, -0.2) is 4.98 Å². The molecule has 3 rings (SSSR count). The van der Waals surface area contributed by atoms with Gasteiger partial charge < -0.3 is 20.7 Å². The SMILES string of the molecule is O=C(Cc1csc(NCCc2c[nH]c3ccccc23)n1)NCCO. The molecule has 126 valence electrons. The Morgan fingerprint density at radius 2 is 2.17 bits per heavy atom. The minimum Gasteiger partial charge on any atom is -0.395 e. The van der Waals surface area contributed by atoms with E-state index in [-0.39, 0.29) is 25.5 Å². The van der Waals surface area contributed by atoms with Gasteiger partial charge in [0.15, 0.2) is 5.13 Å². The van der Waals surface area contributed by atoms with E-state index in [4.69, 9.17) is 5.11 Å². The fourth-order valence-electron chi connectivity index (χ4n) is 2.53. The normalized spacial score (nSPS) is 10.9. The Bertz CT molecular complexity index is 812. The minimum absolute atomic E-state index is 0.0521. The third-order valence-electron chi connectivity index (χ3n) is 3.67. The molecule has 0 unspecified atom stereocenters. The molecule has 0 fully saturated rings. The molecule has 24 heavy (non-hydrogen) atoms.